The number of ether oxygens (including phenoxy) is 4. The number of carbonyl (C=O) groups excluding carboxylic acids is 1. The van der Waals surface area contributed by atoms with Crippen LogP contribution in [0.25, 0.3) is 0 Å². The van der Waals surface area contributed by atoms with Gasteiger partial charge in [-0.25, -0.2) is 4.79 Å². The number of methoxy groups -OCH3 is 2. The van der Waals surface area contributed by atoms with Crippen LogP contribution in [-0.4, -0.2) is 20.2 Å². The van der Waals surface area contributed by atoms with E-state index >= 15 is 0 Å². The molecule has 0 aromatic heterocycles. The maximum atomic E-state index is 12.5. The highest BCUT2D eigenvalue weighted by Crippen LogP contribution is 2.47. The number of hydrogen-bond acceptors (Lipinski definition) is 7. The fraction of sp³-hybridized carbons (Fsp3) is 0.154. The molecule has 1 aliphatic heterocycles. The van der Waals surface area contributed by atoms with Gasteiger partial charge in [0.1, 0.15) is 23.1 Å². The summed E-state index contributed by atoms with van der Waals surface area (Å²) in [6, 6.07) is 19.7. The van der Waals surface area contributed by atoms with Crippen LogP contribution in [0.5, 0.6) is 23.0 Å². The van der Waals surface area contributed by atoms with Crippen molar-refractivity contribution in [3.05, 3.63) is 94.4 Å². The molecule has 2 N–H and O–H groups in total. The van der Waals surface area contributed by atoms with Crippen LogP contribution in [0.1, 0.15) is 33.0 Å². The molecule has 0 amide bonds. The van der Waals surface area contributed by atoms with Crippen LogP contribution in [-0.2, 0) is 0 Å². The second kappa shape index (κ2) is 8.97. The Morgan fingerprint density at radius 1 is 1.03 bits per heavy atom. The average molecular weight is 442 g/mol. The molecule has 4 rings (SSSR count). The van der Waals surface area contributed by atoms with E-state index in [2.05, 4.69) is 6.07 Å². The minimum atomic E-state index is -0.550. The molecule has 1 unspecified atom stereocenters. The van der Waals surface area contributed by atoms with Crippen molar-refractivity contribution in [3.8, 4) is 29.1 Å². The summed E-state index contributed by atoms with van der Waals surface area (Å²) < 4.78 is 22.3. The molecule has 0 saturated heterocycles. The second-order valence-corrected chi connectivity index (χ2v) is 7.46. The molecule has 0 spiro atoms. The number of aryl methyl sites for hydroxylation is 1. The van der Waals surface area contributed by atoms with Crippen LogP contribution >= 0.6 is 0 Å². The molecule has 1 heterocycles. The number of fused-ring (bicyclic) bond motifs is 1. The molecule has 0 bridgehead atoms. The van der Waals surface area contributed by atoms with E-state index in [0.717, 1.165) is 5.56 Å². The lowest BCUT2D eigenvalue weighted by Gasteiger charge is -2.28. The minimum absolute atomic E-state index is 0.0260. The Morgan fingerprint density at radius 2 is 1.79 bits per heavy atom. The van der Waals surface area contributed by atoms with Gasteiger partial charge < -0.3 is 24.7 Å². The molecule has 0 fully saturated rings. The molecule has 1 atom stereocenters. The third-order valence-corrected chi connectivity index (χ3v) is 5.43. The van der Waals surface area contributed by atoms with Crippen molar-refractivity contribution in [1.29, 1.82) is 5.26 Å². The first kappa shape index (κ1) is 21.8. The molecular weight excluding hydrogens is 420 g/mol. The normalized spacial score (nSPS) is 14.5. The molecular formula is C26H22N2O5. The highest BCUT2D eigenvalue weighted by Gasteiger charge is 2.33. The number of nitriles is 1. The summed E-state index contributed by atoms with van der Waals surface area (Å²) in [5.74, 6) is 0.640. The maximum absolute atomic E-state index is 12.5. The number of para-hydroxylation sites is 1. The monoisotopic (exact) mass is 442 g/mol. The summed E-state index contributed by atoms with van der Waals surface area (Å²) in [5, 5.41) is 9.82. The van der Waals surface area contributed by atoms with Crippen LogP contribution < -0.4 is 24.7 Å². The van der Waals surface area contributed by atoms with E-state index < -0.39 is 11.9 Å². The Bertz CT molecular complexity index is 1290. The smallest absolute Gasteiger partial charge is 0.343 e. The van der Waals surface area contributed by atoms with E-state index in [9.17, 15) is 10.1 Å². The first-order chi connectivity index (χ1) is 16.0. The van der Waals surface area contributed by atoms with E-state index in [1.807, 2.05) is 31.2 Å². The third kappa shape index (κ3) is 4.06. The van der Waals surface area contributed by atoms with Crippen LogP contribution in [0.2, 0.25) is 0 Å². The molecule has 3 aromatic rings. The van der Waals surface area contributed by atoms with Gasteiger partial charge in [0.25, 0.3) is 0 Å². The molecule has 7 nitrogen and oxygen atoms in total. The predicted octanol–water partition coefficient (Wildman–Crippen LogP) is 4.45. The molecule has 33 heavy (non-hydrogen) atoms. The zero-order valence-electron chi connectivity index (χ0n) is 18.4. The third-order valence-electron chi connectivity index (χ3n) is 5.43. The van der Waals surface area contributed by atoms with Gasteiger partial charge in [0.2, 0.25) is 5.88 Å². The maximum Gasteiger partial charge on any atom is 0.343 e. The van der Waals surface area contributed by atoms with Gasteiger partial charge in [-0.05, 0) is 31.2 Å². The Hall–Kier alpha value is -4.44. The Morgan fingerprint density at radius 3 is 2.45 bits per heavy atom. The van der Waals surface area contributed by atoms with Crippen molar-refractivity contribution in [2.24, 2.45) is 5.73 Å². The number of esters is 1. The van der Waals surface area contributed by atoms with E-state index in [1.54, 1.807) is 43.5 Å². The largest absolute Gasteiger partial charge is 0.493 e. The van der Waals surface area contributed by atoms with E-state index in [1.165, 1.54) is 7.11 Å². The molecule has 0 saturated carbocycles. The molecule has 1 aliphatic rings. The van der Waals surface area contributed by atoms with Gasteiger partial charge in [-0.2, -0.15) is 5.26 Å². The van der Waals surface area contributed by atoms with Gasteiger partial charge in [-0.3, -0.25) is 0 Å². The fourth-order valence-electron chi connectivity index (χ4n) is 3.81. The number of allylic oxidation sites excluding steroid dienone is 1. The van der Waals surface area contributed by atoms with Crippen LogP contribution in [0.3, 0.4) is 0 Å². The number of nitrogens with zero attached hydrogens (tertiary/aromatic N) is 1. The summed E-state index contributed by atoms with van der Waals surface area (Å²) in [5.41, 5.74) is 9.22. The first-order valence-corrected chi connectivity index (χ1v) is 10.2. The zero-order valence-corrected chi connectivity index (χ0v) is 18.4. The summed E-state index contributed by atoms with van der Waals surface area (Å²) >= 11 is 0. The van der Waals surface area contributed by atoms with Crippen molar-refractivity contribution in [1.82, 2.24) is 0 Å². The number of carbonyl (C=O) groups is 1. The standard InChI is InChI=1S/C26H22N2O5/c1-15-7-9-16(10-8-15)26(29)32-17-11-12-18-22(13-17)33-25(28)20(14-27)23(18)19-5-4-6-21(30-2)24(19)31-3/h4-13,23H,28H2,1-3H3. The van der Waals surface area contributed by atoms with Crippen molar-refractivity contribution < 1.29 is 23.7 Å². The summed E-state index contributed by atoms with van der Waals surface area (Å²) in [7, 11) is 3.08. The Kier molecular flexibility index (Phi) is 5.92. The summed E-state index contributed by atoms with van der Waals surface area (Å²) in [6.07, 6.45) is 0. The fourth-order valence-corrected chi connectivity index (χ4v) is 3.81. The van der Waals surface area contributed by atoms with Crippen LogP contribution in [0.15, 0.2) is 72.1 Å². The minimum Gasteiger partial charge on any atom is -0.493 e. The van der Waals surface area contributed by atoms with Gasteiger partial charge in [-0.15, -0.1) is 0 Å². The van der Waals surface area contributed by atoms with E-state index in [0.29, 0.717) is 39.7 Å². The van der Waals surface area contributed by atoms with Crippen molar-refractivity contribution in [2.45, 2.75) is 12.8 Å². The van der Waals surface area contributed by atoms with E-state index in [-0.39, 0.29) is 11.5 Å². The van der Waals surface area contributed by atoms with Crippen molar-refractivity contribution in [2.75, 3.05) is 14.2 Å². The van der Waals surface area contributed by atoms with Gasteiger partial charge in [0, 0.05) is 17.2 Å². The lowest BCUT2D eigenvalue weighted by atomic mass is 9.83. The van der Waals surface area contributed by atoms with Gasteiger partial charge >= 0.3 is 5.97 Å². The van der Waals surface area contributed by atoms with Crippen LogP contribution in [0.4, 0.5) is 0 Å². The van der Waals surface area contributed by atoms with Gasteiger partial charge in [-0.1, -0.05) is 35.9 Å². The van der Waals surface area contributed by atoms with Gasteiger partial charge in [0.05, 0.1) is 25.7 Å². The predicted molar refractivity (Wildman–Crippen MR) is 121 cm³/mol. The zero-order chi connectivity index (χ0) is 23.5. The van der Waals surface area contributed by atoms with E-state index in [4.69, 9.17) is 24.7 Å². The summed E-state index contributed by atoms with van der Waals surface area (Å²) in [4.78, 5) is 12.5. The highest BCUT2D eigenvalue weighted by molar-refractivity contribution is 5.91. The lowest BCUT2D eigenvalue weighted by Crippen LogP contribution is -2.21. The molecule has 0 aliphatic carbocycles. The molecule has 0 radical (unpaired) electrons. The molecule has 166 valence electrons. The number of nitrogens with two attached hydrogens (primary N) is 1. The molecule has 7 heteroatoms. The average Bonchev–Trinajstić information content (AvgIpc) is 2.82. The number of benzene rings is 3. The second-order valence-electron chi connectivity index (χ2n) is 7.46. The Balaban J connectivity index is 1.74. The number of hydrogen-bond donors (Lipinski definition) is 1. The Labute approximate surface area is 191 Å². The molecule has 3 aromatic carbocycles. The van der Waals surface area contributed by atoms with Crippen molar-refractivity contribution in [3.63, 3.8) is 0 Å². The summed E-state index contributed by atoms with van der Waals surface area (Å²) in [6.45, 7) is 1.94. The SMILES string of the molecule is COc1cccc(C2C(C#N)=C(N)Oc3cc(OC(=O)c4ccc(C)cc4)ccc32)c1OC. The van der Waals surface area contributed by atoms with Crippen molar-refractivity contribution >= 4 is 5.97 Å². The quantitative estimate of drug-likeness (QED) is 0.460. The van der Waals surface area contributed by atoms with Crippen LogP contribution in [0, 0.1) is 18.3 Å². The topological polar surface area (TPSA) is 104 Å². The first-order valence-electron chi connectivity index (χ1n) is 10.2. The highest BCUT2D eigenvalue weighted by atomic mass is 16.5. The van der Waals surface area contributed by atoms with Gasteiger partial charge in [0.15, 0.2) is 11.5 Å². The number of rotatable bonds is 5. The lowest BCUT2D eigenvalue weighted by molar-refractivity contribution is 0.0734.